The number of nitrogens with zero attached hydrogens (tertiary/aromatic N) is 3. The van der Waals surface area contributed by atoms with Gasteiger partial charge in [-0.3, -0.25) is 4.99 Å². The van der Waals surface area contributed by atoms with Gasteiger partial charge in [-0.15, -0.1) is 35.3 Å². The highest BCUT2D eigenvalue weighted by molar-refractivity contribution is 14.0. The molecule has 2 heterocycles. The van der Waals surface area contributed by atoms with Crippen molar-refractivity contribution in [2.45, 2.75) is 24.2 Å². The Morgan fingerprint density at radius 2 is 1.90 bits per heavy atom. The van der Waals surface area contributed by atoms with Crippen LogP contribution in [0.4, 0.5) is 0 Å². The number of hydrogen-bond donors (Lipinski definition) is 1. The third kappa shape index (κ3) is 6.66. The monoisotopic (exact) mass is 562 g/mol. The number of aliphatic imine (C=N–C) groups is 1. The lowest BCUT2D eigenvalue weighted by molar-refractivity contribution is 0.272. The fourth-order valence-corrected chi connectivity index (χ4v) is 5.74. The van der Waals surface area contributed by atoms with E-state index in [4.69, 9.17) is 0 Å². The highest BCUT2D eigenvalue weighted by atomic mass is 127. The van der Waals surface area contributed by atoms with Crippen molar-refractivity contribution in [3.05, 3.63) is 52.7 Å². The van der Waals surface area contributed by atoms with Crippen LogP contribution in [0.25, 0.3) is 0 Å². The van der Waals surface area contributed by atoms with Gasteiger partial charge in [-0.1, -0.05) is 24.3 Å². The number of benzene rings is 1. The van der Waals surface area contributed by atoms with Gasteiger partial charge in [0.15, 0.2) is 5.96 Å². The number of piperidine rings is 1. The molecule has 2 aromatic rings. The van der Waals surface area contributed by atoms with Crippen LogP contribution in [-0.4, -0.2) is 63.9 Å². The van der Waals surface area contributed by atoms with E-state index in [1.54, 1.807) is 47.0 Å². The van der Waals surface area contributed by atoms with Crippen molar-refractivity contribution in [1.82, 2.24) is 14.5 Å². The van der Waals surface area contributed by atoms with E-state index < -0.39 is 10.0 Å². The predicted molar refractivity (Wildman–Crippen MR) is 135 cm³/mol. The largest absolute Gasteiger partial charge is 0.356 e. The maximum Gasteiger partial charge on any atom is 0.243 e. The second-order valence-corrected chi connectivity index (χ2v) is 10.3. The molecule has 1 aliphatic heterocycles. The number of likely N-dealkylation sites (N-methyl/N-ethyl adjacent to an activating group) is 1. The van der Waals surface area contributed by atoms with Gasteiger partial charge in [-0.2, -0.15) is 4.31 Å². The molecule has 0 amide bonds. The van der Waals surface area contributed by atoms with Crippen molar-refractivity contribution in [2.24, 2.45) is 10.9 Å². The normalized spacial score (nSPS) is 16.1. The summed E-state index contributed by atoms with van der Waals surface area (Å²) in [6.07, 6.45) is 2.72. The number of hydrogen-bond acceptors (Lipinski definition) is 4. The first-order valence-electron chi connectivity index (χ1n) is 10.00. The molecule has 1 aromatic heterocycles. The maximum atomic E-state index is 12.8. The topological polar surface area (TPSA) is 65.0 Å². The summed E-state index contributed by atoms with van der Waals surface area (Å²) < 4.78 is 27.1. The summed E-state index contributed by atoms with van der Waals surface area (Å²) in [7, 11) is 0.476. The predicted octanol–water partition coefficient (Wildman–Crippen LogP) is 3.52. The van der Waals surface area contributed by atoms with E-state index >= 15 is 0 Å². The number of guanidine groups is 1. The van der Waals surface area contributed by atoms with Gasteiger partial charge >= 0.3 is 0 Å². The molecular weight excluding hydrogens is 531 g/mol. The van der Waals surface area contributed by atoms with Crippen LogP contribution in [0.1, 0.15) is 17.7 Å². The van der Waals surface area contributed by atoms with E-state index in [1.807, 2.05) is 6.07 Å². The molecule has 0 spiro atoms. The van der Waals surface area contributed by atoms with Crippen LogP contribution >= 0.6 is 35.3 Å². The molecule has 166 valence electrons. The van der Waals surface area contributed by atoms with Gasteiger partial charge in [-0.25, -0.2) is 8.42 Å². The van der Waals surface area contributed by atoms with Gasteiger partial charge in [0.1, 0.15) is 0 Å². The van der Waals surface area contributed by atoms with Crippen LogP contribution in [0.5, 0.6) is 0 Å². The molecule has 9 heteroatoms. The molecule has 30 heavy (non-hydrogen) atoms. The third-order valence-corrected chi connectivity index (χ3v) is 8.20. The summed E-state index contributed by atoms with van der Waals surface area (Å²) in [5.41, 5.74) is 0. The van der Waals surface area contributed by atoms with Gasteiger partial charge in [-0.05, 0) is 48.8 Å². The number of rotatable bonds is 7. The minimum Gasteiger partial charge on any atom is -0.356 e. The van der Waals surface area contributed by atoms with Crippen LogP contribution in [-0.2, 0) is 16.4 Å². The first kappa shape index (κ1) is 25.1. The Hall–Kier alpha value is -1.17. The molecule has 1 saturated heterocycles. The van der Waals surface area contributed by atoms with E-state index in [1.165, 1.54) is 4.88 Å². The molecule has 0 saturated carbocycles. The SMILES string of the molecule is CN=C(NCC1CCN(S(=O)(=O)c2ccccc2)CC1)N(C)CCc1cccs1.I. The zero-order chi connectivity index (χ0) is 20.7. The van der Waals surface area contributed by atoms with Crippen molar-refractivity contribution in [2.75, 3.05) is 40.3 Å². The average Bonchev–Trinajstić information content (AvgIpc) is 3.27. The number of thiophene rings is 1. The molecule has 0 unspecified atom stereocenters. The molecule has 0 atom stereocenters. The van der Waals surface area contributed by atoms with E-state index in [0.717, 1.165) is 38.3 Å². The molecule has 1 aromatic carbocycles. The molecule has 0 bridgehead atoms. The lowest BCUT2D eigenvalue weighted by atomic mass is 9.98. The van der Waals surface area contributed by atoms with Gasteiger partial charge in [0, 0.05) is 45.2 Å². The Labute approximate surface area is 201 Å². The van der Waals surface area contributed by atoms with E-state index in [2.05, 4.69) is 39.8 Å². The van der Waals surface area contributed by atoms with Crippen LogP contribution in [0.15, 0.2) is 57.7 Å². The van der Waals surface area contributed by atoms with Gasteiger partial charge in [0.2, 0.25) is 10.0 Å². The zero-order valence-corrected chi connectivity index (χ0v) is 21.5. The molecular formula is C21H31IN4O2S2. The summed E-state index contributed by atoms with van der Waals surface area (Å²) >= 11 is 1.78. The number of nitrogens with one attached hydrogen (secondary N) is 1. The van der Waals surface area contributed by atoms with Crippen molar-refractivity contribution in [1.29, 1.82) is 0 Å². The summed E-state index contributed by atoms with van der Waals surface area (Å²) in [4.78, 5) is 8.30. The third-order valence-electron chi connectivity index (χ3n) is 5.35. The van der Waals surface area contributed by atoms with Gasteiger partial charge in [0.05, 0.1) is 4.90 Å². The lowest BCUT2D eigenvalue weighted by Gasteiger charge is -2.32. The maximum absolute atomic E-state index is 12.8. The summed E-state index contributed by atoms with van der Waals surface area (Å²) in [5.74, 6) is 1.33. The van der Waals surface area contributed by atoms with Crippen LogP contribution in [0.3, 0.4) is 0 Å². The van der Waals surface area contributed by atoms with Crippen LogP contribution in [0.2, 0.25) is 0 Å². The molecule has 1 aliphatic rings. The van der Waals surface area contributed by atoms with E-state index in [-0.39, 0.29) is 24.0 Å². The fraction of sp³-hybridized carbons (Fsp3) is 0.476. The molecule has 1 fully saturated rings. The Bertz CT molecular complexity index is 881. The molecule has 0 radical (unpaired) electrons. The minimum atomic E-state index is -3.38. The highest BCUT2D eigenvalue weighted by Crippen LogP contribution is 2.23. The lowest BCUT2D eigenvalue weighted by Crippen LogP contribution is -2.45. The van der Waals surface area contributed by atoms with Crippen LogP contribution < -0.4 is 5.32 Å². The second kappa shape index (κ2) is 12.0. The molecule has 6 nitrogen and oxygen atoms in total. The summed E-state index contributed by atoms with van der Waals surface area (Å²) in [6.45, 7) is 2.86. The Morgan fingerprint density at radius 3 is 2.50 bits per heavy atom. The van der Waals surface area contributed by atoms with Crippen molar-refractivity contribution < 1.29 is 8.42 Å². The highest BCUT2D eigenvalue weighted by Gasteiger charge is 2.29. The fourth-order valence-electron chi connectivity index (χ4n) is 3.55. The molecule has 3 rings (SSSR count). The van der Waals surface area contributed by atoms with Gasteiger partial charge in [0.25, 0.3) is 0 Å². The first-order valence-corrected chi connectivity index (χ1v) is 12.3. The molecule has 0 aliphatic carbocycles. The summed E-state index contributed by atoms with van der Waals surface area (Å²) in [5, 5.41) is 5.57. The van der Waals surface area contributed by atoms with Crippen molar-refractivity contribution >= 4 is 51.3 Å². The average molecular weight is 563 g/mol. The molecule has 1 N–H and O–H groups in total. The van der Waals surface area contributed by atoms with Crippen molar-refractivity contribution in [3.63, 3.8) is 0 Å². The number of halogens is 1. The zero-order valence-electron chi connectivity index (χ0n) is 17.5. The second-order valence-electron chi connectivity index (χ2n) is 7.34. The first-order chi connectivity index (χ1) is 14.0. The van der Waals surface area contributed by atoms with E-state index in [0.29, 0.717) is 23.9 Å². The smallest absolute Gasteiger partial charge is 0.243 e. The van der Waals surface area contributed by atoms with E-state index in [9.17, 15) is 8.42 Å². The van der Waals surface area contributed by atoms with Crippen LogP contribution in [0, 0.1) is 5.92 Å². The summed E-state index contributed by atoms with van der Waals surface area (Å²) in [6, 6.07) is 12.9. The Balaban J connectivity index is 0.00000320. The van der Waals surface area contributed by atoms with Crippen molar-refractivity contribution in [3.8, 4) is 0 Å². The Kier molecular flexibility index (Phi) is 10.1. The minimum absolute atomic E-state index is 0. The quantitative estimate of drug-likeness (QED) is 0.319. The Morgan fingerprint density at radius 1 is 1.20 bits per heavy atom. The van der Waals surface area contributed by atoms with Gasteiger partial charge < -0.3 is 10.2 Å². The standard InChI is InChI=1S/C21H30N4O2S2.HI/c1-22-21(24(2)13-12-19-7-6-16-28-19)23-17-18-10-14-25(15-11-18)29(26,27)20-8-4-3-5-9-20;/h3-9,16,18H,10-15,17H2,1-2H3,(H,22,23);1H. The number of sulfonamides is 1.